The van der Waals surface area contributed by atoms with E-state index in [9.17, 15) is 4.79 Å². The van der Waals surface area contributed by atoms with Crippen molar-refractivity contribution in [3.05, 3.63) is 29.8 Å². The van der Waals surface area contributed by atoms with Crippen molar-refractivity contribution >= 4 is 11.9 Å². The highest BCUT2D eigenvalue weighted by Gasteiger charge is 2.20. The van der Waals surface area contributed by atoms with Gasteiger partial charge in [-0.2, -0.15) is 4.99 Å². The van der Waals surface area contributed by atoms with Crippen molar-refractivity contribution in [2.24, 2.45) is 4.99 Å². The summed E-state index contributed by atoms with van der Waals surface area (Å²) in [6, 6.07) is 7.48. The van der Waals surface area contributed by atoms with Gasteiger partial charge in [0.05, 0.1) is 13.5 Å². The van der Waals surface area contributed by atoms with Crippen LogP contribution in [0.3, 0.4) is 0 Å². The van der Waals surface area contributed by atoms with Crippen LogP contribution in [-0.2, 0) is 11.2 Å². The SMILES string of the molecule is COc1ccc(CC(=O)N=C2N(C)CCN2C)cc1. The van der Waals surface area contributed by atoms with Crippen LogP contribution in [0, 0.1) is 0 Å². The summed E-state index contributed by atoms with van der Waals surface area (Å²) in [4.78, 5) is 20.1. The molecule has 102 valence electrons. The van der Waals surface area contributed by atoms with E-state index in [-0.39, 0.29) is 5.91 Å². The van der Waals surface area contributed by atoms with Crippen molar-refractivity contribution in [3.8, 4) is 5.75 Å². The third-order valence-electron chi connectivity index (χ3n) is 3.19. The van der Waals surface area contributed by atoms with Gasteiger partial charge in [0.25, 0.3) is 5.91 Å². The molecule has 1 aromatic rings. The Hall–Kier alpha value is -2.04. The zero-order chi connectivity index (χ0) is 13.8. The van der Waals surface area contributed by atoms with E-state index >= 15 is 0 Å². The summed E-state index contributed by atoms with van der Waals surface area (Å²) in [5.41, 5.74) is 0.943. The minimum absolute atomic E-state index is 0.124. The first kappa shape index (κ1) is 13.4. The van der Waals surface area contributed by atoms with E-state index in [1.807, 2.05) is 48.2 Å². The quantitative estimate of drug-likeness (QED) is 0.814. The van der Waals surface area contributed by atoms with Crippen molar-refractivity contribution in [1.29, 1.82) is 0 Å². The van der Waals surface area contributed by atoms with E-state index in [2.05, 4.69) is 4.99 Å². The topological polar surface area (TPSA) is 45.1 Å². The molecule has 1 heterocycles. The van der Waals surface area contributed by atoms with Crippen LogP contribution in [0.1, 0.15) is 5.56 Å². The summed E-state index contributed by atoms with van der Waals surface area (Å²) in [6.45, 7) is 1.82. The molecular formula is C14H19N3O2. The predicted octanol–water partition coefficient (Wildman–Crippen LogP) is 0.997. The Morgan fingerprint density at radius 3 is 2.32 bits per heavy atom. The maximum atomic E-state index is 11.9. The van der Waals surface area contributed by atoms with Crippen LogP contribution >= 0.6 is 0 Å². The van der Waals surface area contributed by atoms with Crippen molar-refractivity contribution in [1.82, 2.24) is 9.80 Å². The molecule has 0 aromatic heterocycles. The predicted molar refractivity (Wildman–Crippen MR) is 74.4 cm³/mol. The number of carbonyl (C=O) groups is 1. The van der Waals surface area contributed by atoms with Crippen LogP contribution in [0.4, 0.5) is 0 Å². The molecule has 0 spiro atoms. The summed E-state index contributed by atoms with van der Waals surface area (Å²) in [7, 11) is 5.52. The largest absolute Gasteiger partial charge is 0.497 e. The molecule has 1 saturated heterocycles. The van der Waals surface area contributed by atoms with Gasteiger partial charge in [-0.25, -0.2) is 0 Å². The van der Waals surface area contributed by atoms with Gasteiger partial charge in [-0.1, -0.05) is 12.1 Å². The number of methoxy groups -OCH3 is 1. The first-order chi connectivity index (χ1) is 9.10. The fourth-order valence-electron chi connectivity index (χ4n) is 2.03. The van der Waals surface area contributed by atoms with Gasteiger partial charge in [-0.3, -0.25) is 4.79 Å². The molecule has 5 heteroatoms. The minimum atomic E-state index is -0.124. The standard InChI is InChI=1S/C14H19N3O2/c1-16-8-9-17(2)14(16)15-13(18)10-11-4-6-12(19-3)7-5-11/h4-7H,8-10H2,1-3H3. The molecule has 1 fully saturated rings. The van der Waals surface area contributed by atoms with Gasteiger partial charge in [-0.05, 0) is 17.7 Å². The maximum Gasteiger partial charge on any atom is 0.253 e. The molecule has 1 amide bonds. The van der Waals surface area contributed by atoms with E-state index in [1.165, 1.54) is 0 Å². The number of carbonyl (C=O) groups excluding carboxylic acids is 1. The first-order valence-electron chi connectivity index (χ1n) is 6.27. The highest BCUT2D eigenvalue weighted by molar-refractivity contribution is 5.94. The molecule has 2 rings (SSSR count). The lowest BCUT2D eigenvalue weighted by Gasteiger charge is -2.14. The lowest BCUT2D eigenvalue weighted by Crippen LogP contribution is -2.29. The molecule has 0 atom stereocenters. The fraction of sp³-hybridized carbons (Fsp3) is 0.429. The van der Waals surface area contributed by atoms with E-state index < -0.39 is 0 Å². The number of nitrogens with zero attached hydrogens (tertiary/aromatic N) is 3. The molecule has 0 aliphatic carbocycles. The Labute approximate surface area is 113 Å². The van der Waals surface area contributed by atoms with Gasteiger partial charge >= 0.3 is 0 Å². The number of guanidine groups is 1. The van der Waals surface area contributed by atoms with Gasteiger partial charge < -0.3 is 14.5 Å². The van der Waals surface area contributed by atoms with Crippen molar-refractivity contribution in [2.45, 2.75) is 6.42 Å². The highest BCUT2D eigenvalue weighted by atomic mass is 16.5. The van der Waals surface area contributed by atoms with Crippen molar-refractivity contribution < 1.29 is 9.53 Å². The number of amides is 1. The summed E-state index contributed by atoms with van der Waals surface area (Å²) in [5.74, 6) is 1.41. The molecule has 0 radical (unpaired) electrons. The number of hydrogen-bond donors (Lipinski definition) is 0. The van der Waals surface area contributed by atoms with Gasteiger partial charge in [0.1, 0.15) is 5.75 Å². The minimum Gasteiger partial charge on any atom is -0.497 e. The molecule has 0 unspecified atom stereocenters. The monoisotopic (exact) mass is 261 g/mol. The summed E-state index contributed by atoms with van der Waals surface area (Å²) in [5, 5.41) is 0. The first-order valence-corrected chi connectivity index (χ1v) is 6.27. The smallest absolute Gasteiger partial charge is 0.253 e. The zero-order valence-electron chi connectivity index (χ0n) is 11.6. The number of benzene rings is 1. The second-order valence-electron chi connectivity index (χ2n) is 4.67. The number of rotatable bonds is 3. The third kappa shape index (κ3) is 3.24. The molecule has 5 nitrogen and oxygen atoms in total. The van der Waals surface area contributed by atoms with E-state index in [1.54, 1.807) is 7.11 Å². The van der Waals surface area contributed by atoms with Gasteiger partial charge in [0.2, 0.25) is 5.96 Å². The van der Waals surface area contributed by atoms with Crippen LogP contribution < -0.4 is 4.74 Å². The van der Waals surface area contributed by atoms with Crippen LogP contribution in [-0.4, -0.2) is 56.0 Å². The van der Waals surface area contributed by atoms with Crippen molar-refractivity contribution in [3.63, 3.8) is 0 Å². The second kappa shape index (κ2) is 5.73. The second-order valence-corrected chi connectivity index (χ2v) is 4.67. The Morgan fingerprint density at radius 2 is 1.79 bits per heavy atom. The lowest BCUT2D eigenvalue weighted by atomic mass is 10.1. The Bertz CT molecular complexity index is 470. The summed E-state index contributed by atoms with van der Waals surface area (Å²) >= 11 is 0. The van der Waals surface area contributed by atoms with E-state index in [4.69, 9.17) is 4.74 Å². The van der Waals surface area contributed by atoms with E-state index in [0.29, 0.717) is 6.42 Å². The van der Waals surface area contributed by atoms with Crippen LogP contribution in [0.5, 0.6) is 5.75 Å². The molecule has 0 saturated carbocycles. The molecule has 19 heavy (non-hydrogen) atoms. The molecule has 0 bridgehead atoms. The molecule has 1 aromatic carbocycles. The molecular weight excluding hydrogens is 242 g/mol. The third-order valence-corrected chi connectivity index (χ3v) is 3.19. The van der Waals surface area contributed by atoms with Gasteiger partial charge in [0, 0.05) is 27.2 Å². The van der Waals surface area contributed by atoms with E-state index in [0.717, 1.165) is 30.4 Å². The molecule has 0 N–H and O–H groups in total. The normalized spacial score (nSPS) is 14.8. The fourth-order valence-corrected chi connectivity index (χ4v) is 2.03. The van der Waals surface area contributed by atoms with Crippen molar-refractivity contribution in [2.75, 3.05) is 34.3 Å². The van der Waals surface area contributed by atoms with Crippen LogP contribution in [0.25, 0.3) is 0 Å². The van der Waals surface area contributed by atoms with Gasteiger partial charge in [0.15, 0.2) is 0 Å². The molecule has 1 aliphatic heterocycles. The van der Waals surface area contributed by atoms with Crippen LogP contribution in [0.15, 0.2) is 29.3 Å². The summed E-state index contributed by atoms with van der Waals surface area (Å²) in [6.07, 6.45) is 0.315. The average Bonchev–Trinajstić information content (AvgIpc) is 2.71. The Morgan fingerprint density at radius 1 is 1.21 bits per heavy atom. The number of aliphatic imine (C=N–C) groups is 1. The van der Waals surface area contributed by atoms with Crippen LogP contribution in [0.2, 0.25) is 0 Å². The summed E-state index contributed by atoms with van der Waals surface area (Å²) < 4.78 is 5.08. The highest BCUT2D eigenvalue weighted by Crippen LogP contribution is 2.12. The zero-order valence-corrected chi connectivity index (χ0v) is 11.6. The number of hydrogen-bond acceptors (Lipinski definition) is 2. The molecule has 1 aliphatic rings. The maximum absolute atomic E-state index is 11.9. The average molecular weight is 261 g/mol. The lowest BCUT2D eigenvalue weighted by molar-refractivity contribution is -0.117. The Balaban J connectivity index is 2.02. The number of ether oxygens (including phenoxy) is 1. The Kier molecular flexibility index (Phi) is 4.04. The number of likely N-dealkylation sites (N-methyl/N-ethyl adjacent to an activating group) is 2. The van der Waals surface area contributed by atoms with Gasteiger partial charge in [-0.15, -0.1) is 0 Å².